The Morgan fingerprint density at radius 3 is 2.20 bits per heavy atom. The Labute approximate surface area is 62.6 Å². The third kappa shape index (κ3) is 1.08. The van der Waals surface area contributed by atoms with Crippen molar-refractivity contribution in [2.75, 3.05) is 0 Å². The van der Waals surface area contributed by atoms with Gasteiger partial charge in [0.05, 0.1) is 0 Å². The summed E-state index contributed by atoms with van der Waals surface area (Å²) in [5.74, 6) is 1.10. The Balaban J connectivity index is 2.71. The molecule has 1 aliphatic carbocycles. The van der Waals surface area contributed by atoms with Crippen LogP contribution in [0.25, 0.3) is 0 Å². The fourth-order valence-electron chi connectivity index (χ4n) is 1.37. The minimum Gasteiger partial charge on any atom is -0.402 e. The van der Waals surface area contributed by atoms with Crippen molar-refractivity contribution in [2.45, 2.75) is 20.8 Å². The molecule has 0 aromatic carbocycles. The second-order valence-corrected chi connectivity index (χ2v) is 3.21. The van der Waals surface area contributed by atoms with Crippen LogP contribution in [-0.4, -0.2) is 0 Å². The van der Waals surface area contributed by atoms with Gasteiger partial charge in [0.1, 0.15) is 0 Å². The second-order valence-electron chi connectivity index (χ2n) is 3.21. The van der Waals surface area contributed by atoms with Gasteiger partial charge >= 0.3 is 0 Å². The van der Waals surface area contributed by atoms with Crippen LogP contribution >= 0.6 is 0 Å². The first-order chi connectivity index (χ1) is 4.63. The highest BCUT2D eigenvalue weighted by Crippen LogP contribution is 2.28. The molecule has 0 saturated heterocycles. The van der Waals surface area contributed by atoms with E-state index in [1.807, 2.05) is 6.08 Å². The number of hydrogen-bond acceptors (Lipinski definition) is 1. The minimum atomic E-state index is 0.472. The molecular weight excluding hydrogens is 122 g/mol. The molecule has 0 saturated carbocycles. The zero-order valence-corrected chi connectivity index (χ0v) is 6.89. The molecule has 0 spiro atoms. The van der Waals surface area contributed by atoms with Gasteiger partial charge in [-0.05, 0) is 12.0 Å². The first-order valence-electron chi connectivity index (χ1n) is 3.80. The maximum atomic E-state index is 5.72. The van der Waals surface area contributed by atoms with Gasteiger partial charge in [0.15, 0.2) is 0 Å². The normalized spacial score (nSPS) is 25.0. The highest BCUT2D eigenvalue weighted by Gasteiger charge is 2.17. The van der Waals surface area contributed by atoms with Crippen LogP contribution in [-0.2, 0) is 0 Å². The molecule has 56 valence electrons. The molecule has 0 aliphatic heterocycles. The van der Waals surface area contributed by atoms with E-state index in [0.29, 0.717) is 11.8 Å². The predicted octanol–water partition coefficient (Wildman–Crippen LogP) is 2.06. The van der Waals surface area contributed by atoms with Crippen LogP contribution in [0.4, 0.5) is 0 Å². The molecular formula is C9H15N. The molecule has 1 nitrogen and oxygen atoms in total. The van der Waals surface area contributed by atoms with Gasteiger partial charge in [-0.3, -0.25) is 0 Å². The van der Waals surface area contributed by atoms with Crippen molar-refractivity contribution in [3.8, 4) is 0 Å². The highest BCUT2D eigenvalue weighted by molar-refractivity contribution is 5.32. The summed E-state index contributed by atoms with van der Waals surface area (Å²) in [4.78, 5) is 0. The lowest BCUT2D eigenvalue weighted by molar-refractivity contribution is 0.652. The van der Waals surface area contributed by atoms with E-state index in [4.69, 9.17) is 5.73 Å². The summed E-state index contributed by atoms with van der Waals surface area (Å²) >= 11 is 0. The zero-order valence-electron chi connectivity index (χ0n) is 6.89. The summed E-state index contributed by atoms with van der Waals surface area (Å²) < 4.78 is 0. The molecule has 1 aliphatic rings. The van der Waals surface area contributed by atoms with Crippen molar-refractivity contribution in [3.63, 3.8) is 0 Å². The van der Waals surface area contributed by atoms with E-state index >= 15 is 0 Å². The topological polar surface area (TPSA) is 26.0 Å². The van der Waals surface area contributed by atoms with Crippen molar-refractivity contribution in [1.29, 1.82) is 0 Å². The lowest BCUT2D eigenvalue weighted by Crippen LogP contribution is -2.09. The van der Waals surface area contributed by atoms with E-state index in [1.165, 1.54) is 5.57 Å². The number of nitrogens with two attached hydrogens (primary N) is 1. The molecule has 10 heavy (non-hydrogen) atoms. The number of rotatable bonds is 1. The van der Waals surface area contributed by atoms with Crippen LogP contribution < -0.4 is 5.73 Å². The number of hydrogen-bond donors (Lipinski definition) is 1. The van der Waals surface area contributed by atoms with Crippen LogP contribution in [0, 0.1) is 11.8 Å². The molecule has 1 rings (SSSR count). The largest absolute Gasteiger partial charge is 0.402 e. The average Bonchev–Trinajstić information content (AvgIpc) is 2.14. The van der Waals surface area contributed by atoms with Crippen LogP contribution in [0.1, 0.15) is 20.8 Å². The van der Waals surface area contributed by atoms with E-state index in [1.54, 1.807) is 0 Å². The minimum absolute atomic E-state index is 0.472. The van der Waals surface area contributed by atoms with Gasteiger partial charge < -0.3 is 5.73 Å². The van der Waals surface area contributed by atoms with Gasteiger partial charge in [0, 0.05) is 11.6 Å². The molecule has 0 heterocycles. The third-order valence-electron chi connectivity index (χ3n) is 2.13. The van der Waals surface area contributed by atoms with Crippen molar-refractivity contribution >= 4 is 0 Å². The van der Waals surface area contributed by atoms with Gasteiger partial charge in [0.2, 0.25) is 0 Å². The predicted molar refractivity (Wildman–Crippen MR) is 44.4 cm³/mol. The quantitative estimate of drug-likeness (QED) is 0.588. The van der Waals surface area contributed by atoms with Crippen molar-refractivity contribution in [1.82, 2.24) is 0 Å². The zero-order chi connectivity index (χ0) is 7.72. The molecule has 1 unspecified atom stereocenters. The smallest absolute Gasteiger partial charge is 0.0171 e. The summed E-state index contributed by atoms with van der Waals surface area (Å²) in [5.41, 5.74) is 8.17. The summed E-state index contributed by atoms with van der Waals surface area (Å²) in [5, 5.41) is 0. The average molecular weight is 137 g/mol. The maximum absolute atomic E-state index is 5.72. The highest BCUT2D eigenvalue weighted by atomic mass is 14.6. The molecule has 0 fully saturated rings. The summed E-state index contributed by atoms with van der Waals surface area (Å²) in [7, 11) is 0. The van der Waals surface area contributed by atoms with Crippen molar-refractivity contribution in [2.24, 2.45) is 17.6 Å². The van der Waals surface area contributed by atoms with Crippen LogP contribution in [0.15, 0.2) is 23.4 Å². The van der Waals surface area contributed by atoms with Crippen molar-refractivity contribution in [3.05, 3.63) is 23.4 Å². The van der Waals surface area contributed by atoms with Gasteiger partial charge in [-0.25, -0.2) is 0 Å². The third-order valence-corrected chi connectivity index (χ3v) is 2.13. The fraction of sp³-hybridized carbons (Fsp3) is 0.556. The Bertz CT molecular complexity index is 187. The fourth-order valence-corrected chi connectivity index (χ4v) is 1.37. The van der Waals surface area contributed by atoms with E-state index in [9.17, 15) is 0 Å². The van der Waals surface area contributed by atoms with Gasteiger partial charge in [-0.1, -0.05) is 32.4 Å². The van der Waals surface area contributed by atoms with E-state index in [-0.39, 0.29) is 0 Å². The second kappa shape index (κ2) is 2.49. The monoisotopic (exact) mass is 137 g/mol. The van der Waals surface area contributed by atoms with E-state index in [0.717, 1.165) is 5.70 Å². The van der Waals surface area contributed by atoms with Crippen LogP contribution in [0.3, 0.4) is 0 Å². The van der Waals surface area contributed by atoms with Crippen molar-refractivity contribution < 1.29 is 0 Å². The molecule has 0 aromatic rings. The SMILES string of the molecule is CC(C)C1=CC=C(N)C1C. The van der Waals surface area contributed by atoms with Crippen LogP contribution in [0.5, 0.6) is 0 Å². The lowest BCUT2D eigenvalue weighted by Gasteiger charge is -2.14. The summed E-state index contributed by atoms with van der Waals surface area (Å²) in [6.07, 6.45) is 4.16. The first kappa shape index (κ1) is 7.39. The molecule has 0 aromatic heterocycles. The lowest BCUT2D eigenvalue weighted by atomic mass is 9.93. The molecule has 1 atom stereocenters. The van der Waals surface area contributed by atoms with Crippen LogP contribution in [0.2, 0.25) is 0 Å². The Kier molecular flexibility index (Phi) is 1.84. The summed E-state index contributed by atoms with van der Waals surface area (Å²) in [6, 6.07) is 0. The maximum Gasteiger partial charge on any atom is 0.0171 e. The Morgan fingerprint density at radius 1 is 1.40 bits per heavy atom. The Hall–Kier alpha value is -0.720. The molecule has 0 radical (unpaired) electrons. The molecule has 2 N–H and O–H groups in total. The van der Waals surface area contributed by atoms with Gasteiger partial charge in [-0.15, -0.1) is 0 Å². The van der Waals surface area contributed by atoms with E-state index < -0.39 is 0 Å². The summed E-state index contributed by atoms with van der Waals surface area (Å²) in [6.45, 7) is 6.56. The Morgan fingerprint density at radius 2 is 2.00 bits per heavy atom. The van der Waals surface area contributed by atoms with Gasteiger partial charge in [-0.2, -0.15) is 0 Å². The first-order valence-corrected chi connectivity index (χ1v) is 3.80. The number of allylic oxidation sites excluding steroid dienone is 3. The van der Waals surface area contributed by atoms with E-state index in [2.05, 4.69) is 26.8 Å². The molecule has 0 amide bonds. The molecule has 0 bridgehead atoms. The molecule has 1 heteroatoms. The standard InChI is InChI=1S/C9H15N/c1-6(2)8-4-5-9(10)7(8)3/h4-7H,10H2,1-3H3. The van der Waals surface area contributed by atoms with Gasteiger partial charge in [0.25, 0.3) is 0 Å².